The first kappa shape index (κ1) is 19.9. The standard InChI is InChI=1S/C22H21N3O4S/c26-20-15-25(19-8-2-1-7-18(19)23-20)22(28)10-9-21(27)24(13-16-5-3-11-29-16)14-17-6-4-12-30-17/h1-8,11-12H,9-10,13-15H2,(H,23,26). The maximum atomic E-state index is 12.9. The number of nitrogens with zero attached hydrogens (tertiary/aromatic N) is 2. The molecule has 1 aromatic carbocycles. The molecule has 154 valence electrons. The van der Waals surface area contributed by atoms with Crippen molar-refractivity contribution in [2.45, 2.75) is 25.9 Å². The van der Waals surface area contributed by atoms with Gasteiger partial charge in [-0.25, -0.2) is 0 Å². The van der Waals surface area contributed by atoms with Gasteiger partial charge >= 0.3 is 0 Å². The van der Waals surface area contributed by atoms with Gasteiger partial charge in [0.1, 0.15) is 12.3 Å². The highest BCUT2D eigenvalue weighted by Crippen LogP contribution is 2.29. The van der Waals surface area contributed by atoms with Gasteiger partial charge in [-0.2, -0.15) is 0 Å². The number of thiophene rings is 1. The summed E-state index contributed by atoms with van der Waals surface area (Å²) in [4.78, 5) is 41.9. The zero-order valence-corrected chi connectivity index (χ0v) is 17.1. The van der Waals surface area contributed by atoms with Crippen molar-refractivity contribution < 1.29 is 18.8 Å². The molecule has 0 aliphatic carbocycles. The SMILES string of the molecule is O=C1CN(C(=O)CCC(=O)N(Cc2ccco2)Cc2cccs2)c2ccccc2N1. The molecule has 30 heavy (non-hydrogen) atoms. The topological polar surface area (TPSA) is 82.9 Å². The Labute approximate surface area is 177 Å². The summed E-state index contributed by atoms with van der Waals surface area (Å²) in [5, 5.41) is 4.73. The number of hydrogen-bond donors (Lipinski definition) is 1. The van der Waals surface area contributed by atoms with Crippen molar-refractivity contribution in [2.24, 2.45) is 0 Å². The van der Waals surface area contributed by atoms with Crippen LogP contribution in [0.15, 0.2) is 64.6 Å². The summed E-state index contributed by atoms with van der Waals surface area (Å²) in [6, 6.07) is 14.7. The van der Waals surface area contributed by atoms with E-state index in [-0.39, 0.29) is 37.1 Å². The van der Waals surface area contributed by atoms with Crippen molar-refractivity contribution in [3.05, 3.63) is 70.8 Å². The lowest BCUT2D eigenvalue weighted by molar-refractivity contribution is -0.134. The van der Waals surface area contributed by atoms with E-state index >= 15 is 0 Å². The number of hydrogen-bond acceptors (Lipinski definition) is 5. The molecule has 8 heteroatoms. The van der Waals surface area contributed by atoms with Crippen LogP contribution in [0.25, 0.3) is 0 Å². The summed E-state index contributed by atoms with van der Waals surface area (Å²) in [6.07, 6.45) is 1.66. The highest BCUT2D eigenvalue weighted by molar-refractivity contribution is 7.09. The number of nitrogens with one attached hydrogen (secondary N) is 1. The Bertz CT molecular complexity index is 994. The predicted octanol–water partition coefficient (Wildman–Crippen LogP) is 3.64. The van der Waals surface area contributed by atoms with Gasteiger partial charge in [0.25, 0.3) is 0 Å². The van der Waals surface area contributed by atoms with Crippen molar-refractivity contribution >= 4 is 40.4 Å². The van der Waals surface area contributed by atoms with Gasteiger partial charge in [-0.3, -0.25) is 14.4 Å². The fraction of sp³-hybridized carbons (Fsp3) is 0.227. The van der Waals surface area contributed by atoms with Gasteiger partial charge in [-0.15, -0.1) is 11.3 Å². The second-order valence-electron chi connectivity index (χ2n) is 6.95. The van der Waals surface area contributed by atoms with Crippen LogP contribution < -0.4 is 10.2 Å². The van der Waals surface area contributed by atoms with E-state index in [0.717, 1.165) is 4.88 Å². The van der Waals surface area contributed by atoms with Gasteiger partial charge in [-0.1, -0.05) is 18.2 Å². The Morgan fingerprint density at radius 1 is 1.07 bits per heavy atom. The van der Waals surface area contributed by atoms with E-state index in [0.29, 0.717) is 30.2 Å². The summed E-state index contributed by atoms with van der Waals surface area (Å²) >= 11 is 1.58. The van der Waals surface area contributed by atoms with Crippen molar-refractivity contribution in [3.63, 3.8) is 0 Å². The molecule has 1 N–H and O–H groups in total. The molecule has 0 saturated heterocycles. The van der Waals surface area contributed by atoms with Crippen LogP contribution in [0.2, 0.25) is 0 Å². The first-order chi connectivity index (χ1) is 14.6. The molecule has 1 aliphatic rings. The van der Waals surface area contributed by atoms with Gasteiger partial charge in [0.15, 0.2) is 0 Å². The van der Waals surface area contributed by atoms with E-state index in [4.69, 9.17) is 4.42 Å². The monoisotopic (exact) mass is 423 g/mol. The average molecular weight is 423 g/mol. The minimum atomic E-state index is -0.250. The molecule has 0 spiro atoms. The molecule has 7 nitrogen and oxygen atoms in total. The fourth-order valence-electron chi connectivity index (χ4n) is 3.38. The van der Waals surface area contributed by atoms with Crippen LogP contribution in [0.1, 0.15) is 23.5 Å². The summed E-state index contributed by atoms with van der Waals surface area (Å²) in [6.45, 7) is 0.753. The van der Waals surface area contributed by atoms with Crippen LogP contribution >= 0.6 is 11.3 Å². The fourth-order valence-corrected chi connectivity index (χ4v) is 4.10. The number of para-hydroxylation sites is 2. The highest BCUT2D eigenvalue weighted by Gasteiger charge is 2.27. The molecule has 3 aromatic rings. The van der Waals surface area contributed by atoms with Gasteiger partial charge < -0.3 is 19.5 Å². The van der Waals surface area contributed by atoms with E-state index < -0.39 is 0 Å². The normalized spacial score (nSPS) is 12.9. The molecule has 4 rings (SSSR count). The summed E-state index contributed by atoms with van der Waals surface area (Å²) in [5.74, 6) is 0.0565. The molecule has 0 atom stereocenters. The van der Waals surface area contributed by atoms with Crippen molar-refractivity contribution in [1.82, 2.24) is 4.90 Å². The third kappa shape index (κ3) is 4.60. The molecule has 1 aliphatic heterocycles. The van der Waals surface area contributed by atoms with Gasteiger partial charge in [0, 0.05) is 17.7 Å². The Morgan fingerprint density at radius 2 is 1.93 bits per heavy atom. The largest absolute Gasteiger partial charge is 0.467 e. The number of carbonyl (C=O) groups is 3. The second-order valence-corrected chi connectivity index (χ2v) is 7.99. The Morgan fingerprint density at radius 3 is 2.70 bits per heavy atom. The lowest BCUT2D eigenvalue weighted by Crippen LogP contribution is -2.42. The number of benzene rings is 1. The minimum Gasteiger partial charge on any atom is -0.467 e. The number of fused-ring (bicyclic) bond motifs is 1. The minimum absolute atomic E-state index is 0.0273. The lowest BCUT2D eigenvalue weighted by Gasteiger charge is -2.29. The molecule has 3 amide bonds. The second kappa shape index (κ2) is 8.96. The molecular weight excluding hydrogens is 402 g/mol. The predicted molar refractivity (Wildman–Crippen MR) is 114 cm³/mol. The highest BCUT2D eigenvalue weighted by atomic mass is 32.1. The van der Waals surface area contributed by atoms with Crippen LogP contribution in [0.5, 0.6) is 0 Å². The summed E-state index contributed by atoms with van der Waals surface area (Å²) in [7, 11) is 0. The van der Waals surface area contributed by atoms with E-state index in [2.05, 4.69) is 5.32 Å². The van der Waals surface area contributed by atoms with Crippen molar-refractivity contribution in [2.75, 3.05) is 16.8 Å². The van der Waals surface area contributed by atoms with Gasteiger partial charge in [-0.05, 0) is 35.7 Å². The van der Waals surface area contributed by atoms with Crippen LogP contribution in [0, 0.1) is 0 Å². The summed E-state index contributed by atoms with van der Waals surface area (Å²) in [5.41, 5.74) is 1.26. The van der Waals surface area contributed by atoms with Gasteiger partial charge in [0.2, 0.25) is 17.7 Å². The average Bonchev–Trinajstić information content (AvgIpc) is 3.45. The van der Waals surface area contributed by atoms with Crippen LogP contribution in [0.3, 0.4) is 0 Å². The molecule has 0 unspecified atom stereocenters. The molecule has 0 radical (unpaired) electrons. The van der Waals surface area contributed by atoms with E-state index in [9.17, 15) is 14.4 Å². The molecule has 2 aromatic heterocycles. The maximum absolute atomic E-state index is 12.9. The Kier molecular flexibility index (Phi) is 5.94. The summed E-state index contributed by atoms with van der Waals surface area (Å²) < 4.78 is 5.39. The number of amides is 3. The molecule has 0 bridgehead atoms. The number of rotatable bonds is 7. The third-order valence-corrected chi connectivity index (χ3v) is 5.69. The van der Waals surface area contributed by atoms with Crippen LogP contribution in [0.4, 0.5) is 11.4 Å². The van der Waals surface area contributed by atoms with Crippen LogP contribution in [-0.4, -0.2) is 29.2 Å². The lowest BCUT2D eigenvalue weighted by atomic mass is 10.1. The Balaban J connectivity index is 1.42. The van der Waals surface area contributed by atoms with Crippen molar-refractivity contribution in [3.8, 4) is 0 Å². The molecule has 0 fully saturated rings. The number of carbonyl (C=O) groups excluding carboxylic acids is 3. The first-order valence-electron chi connectivity index (χ1n) is 9.62. The van der Waals surface area contributed by atoms with E-state index in [1.54, 1.807) is 46.8 Å². The van der Waals surface area contributed by atoms with Crippen LogP contribution in [-0.2, 0) is 27.5 Å². The Hall–Kier alpha value is -3.39. The quantitative estimate of drug-likeness (QED) is 0.629. The zero-order valence-electron chi connectivity index (χ0n) is 16.2. The molecular formula is C22H21N3O4S. The molecule has 3 heterocycles. The van der Waals surface area contributed by atoms with E-state index in [1.807, 2.05) is 29.6 Å². The van der Waals surface area contributed by atoms with Crippen molar-refractivity contribution in [1.29, 1.82) is 0 Å². The number of anilines is 2. The number of furan rings is 1. The van der Waals surface area contributed by atoms with Gasteiger partial charge in [0.05, 0.1) is 30.7 Å². The molecule has 0 saturated carbocycles. The zero-order chi connectivity index (χ0) is 20.9. The maximum Gasteiger partial charge on any atom is 0.244 e. The van der Waals surface area contributed by atoms with E-state index in [1.165, 1.54) is 4.90 Å². The smallest absolute Gasteiger partial charge is 0.244 e. The third-order valence-electron chi connectivity index (χ3n) is 4.83. The first-order valence-corrected chi connectivity index (χ1v) is 10.5.